The highest BCUT2D eigenvalue weighted by molar-refractivity contribution is 5.36. The topological polar surface area (TPSA) is 35.2 Å². The van der Waals surface area contributed by atoms with Crippen molar-refractivity contribution in [2.75, 3.05) is 7.11 Å². The Morgan fingerprint density at radius 2 is 2.00 bits per heavy atom. The zero-order valence-electron chi connectivity index (χ0n) is 10.2. The van der Waals surface area contributed by atoms with E-state index in [-0.39, 0.29) is 11.9 Å². The van der Waals surface area contributed by atoms with Crippen molar-refractivity contribution in [3.8, 4) is 5.75 Å². The van der Waals surface area contributed by atoms with E-state index >= 15 is 0 Å². The van der Waals surface area contributed by atoms with E-state index in [9.17, 15) is 4.39 Å². The number of hydrogen-bond donors (Lipinski definition) is 1. The van der Waals surface area contributed by atoms with Gasteiger partial charge in [-0.25, -0.2) is 4.39 Å². The molecule has 0 unspecified atom stereocenters. The summed E-state index contributed by atoms with van der Waals surface area (Å²) in [5, 5.41) is 0. The van der Waals surface area contributed by atoms with Gasteiger partial charge >= 0.3 is 0 Å². The van der Waals surface area contributed by atoms with Crippen molar-refractivity contribution in [3.05, 3.63) is 29.6 Å². The summed E-state index contributed by atoms with van der Waals surface area (Å²) in [6.07, 6.45) is 1.76. The first-order chi connectivity index (χ1) is 7.56. The van der Waals surface area contributed by atoms with Crippen molar-refractivity contribution in [1.82, 2.24) is 0 Å². The summed E-state index contributed by atoms with van der Waals surface area (Å²) in [5.74, 6) is 0.829. The minimum atomic E-state index is -0.293. The molecule has 1 atom stereocenters. The van der Waals surface area contributed by atoms with Gasteiger partial charge in [0.1, 0.15) is 11.6 Å². The second-order valence-electron chi connectivity index (χ2n) is 4.43. The van der Waals surface area contributed by atoms with E-state index in [0.717, 1.165) is 12.8 Å². The summed E-state index contributed by atoms with van der Waals surface area (Å²) in [6, 6.07) is 4.51. The molecule has 0 saturated carbocycles. The quantitative estimate of drug-likeness (QED) is 0.834. The Bertz CT molecular complexity index is 339. The van der Waals surface area contributed by atoms with Gasteiger partial charge in [0.25, 0.3) is 0 Å². The third-order valence-corrected chi connectivity index (χ3v) is 2.66. The van der Waals surface area contributed by atoms with Crippen LogP contribution >= 0.6 is 0 Å². The number of methoxy groups -OCH3 is 1. The fourth-order valence-electron chi connectivity index (χ4n) is 1.71. The van der Waals surface area contributed by atoms with Gasteiger partial charge in [0, 0.05) is 11.6 Å². The maximum atomic E-state index is 13.7. The van der Waals surface area contributed by atoms with Gasteiger partial charge in [-0.05, 0) is 30.9 Å². The number of rotatable bonds is 5. The highest BCUT2D eigenvalue weighted by atomic mass is 19.1. The van der Waals surface area contributed by atoms with Crippen LogP contribution in [0.15, 0.2) is 18.2 Å². The lowest BCUT2D eigenvalue weighted by atomic mass is 9.97. The zero-order valence-corrected chi connectivity index (χ0v) is 10.2. The molecule has 3 heteroatoms. The predicted octanol–water partition coefficient (Wildman–Crippen LogP) is 3.27. The van der Waals surface area contributed by atoms with E-state index < -0.39 is 0 Å². The van der Waals surface area contributed by atoms with Gasteiger partial charge in [0.2, 0.25) is 0 Å². The molecule has 1 rings (SSSR count). The molecule has 0 fully saturated rings. The average molecular weight is 225 g/mol. The molecule has 0 bridgehead atoms. The first-order valence-corrected chi connectivity index (χ1v) is 5.64. The average Bonchev–Trinajstić information content (AvgIpc) is 2.25. The molecular weight excluding hydrogens is 205 g/mol. The predicted molar refractivity (Wildman–Crippen MR) is 64.0 cm³/mol. The molecule has 0 saturated heterocycles. The molecule has 1 aromatic rings. The molecule has 0 aliphatic rings. The Balaban J connectivity index is 2.84. The molecule has 0 aliphatic heterocycles. The Morgan fingerprint density at radius 3 is 2.56 bits per heavy atom. The minimum absolute atomic E-state index is 0.282. The molecule has 0 aliphatic carbocycles. The largest absolute Gasteiger partial charge is 0.496 e. The van der Waals surface area contributed by atoms with Crippen LogP contribution in [-0.4, -0.2) is 7.11 Å². The van der Waals surface area contributed by atoms with E-state index in [1.165, 1.54) is 13.2 Å². The van der Waals surface area contributed by atoms with Gasteiger partial charge in [0.15, 0.2) is 0 Å². The number of hydrogen-bond acceptors (Lipinski definition) is 2. The molecule has 2 N–H and O–H groups in total. The van der Waals surface area contributed by atoms with Gasteiger partial charge in [-0.2, -0.15) is 0 Å². The number of ether oxygens (including phenoxy) is 1. The van der Waals surface area contributed by atoms with E-state index in [2.05, 4.69) is 13.8 Å². The normalized spacial score (nSPS) is 12.9. The molecule has 0 aromatic heterocycles. The van der Waals surface area contributed by atoms with Crippen LogP contribution in [-0.2, 0) is 0 Å². The lowest BCUT2D eigenvalue weighted by Gasteiger charge is -2.17. The Kier molecular flexibility index (Phi) is 4.74. The highest BCUT2D eigenvalue weighted by Gasteiger charge is 2.16. The zero-order chi connectivity index (χ0) is 12.1. The highest BCUT2D eigenvalue weighted by Crippen LogP contribution is 2.29. The van der Waals surface area contributed by atoms with Crippen molar-refractivity contribution in [1.29, 1.82) is 0 Å². The van der Waals surface area contributed by atoms with E-state index in [0.29, 0.717) is 17.2 Å². The summed E-state index contributed by atoms with van der Waals surface area (Å²) >= 11 is 0. The maximum Gasteiger partial charge on any atom is 0.131 e. The first kappa shape index (κ1) is 13.0. The monoisotopic (exact) mass is 225 g/mol. The summed E-state index contributed by atoms with van der Waals surface area (Å²) in [7, 11) is 1.54. The van der Waals surface area contributed by atoms with Crippen LogP contribution < -0.4 is 10.5 Å². The Morgan fingerprint density at radius 1 is 1.31 bits per heavy atom. The van der Waals surface area contributed by atoms with E-state index in [1.807, 2.05) is 0 Å². The third-order valence-electron chi connectivity index (χ3n) is 2.66. The molecule has 0 radical (unpaired) electrons. The summed E-state index contributed by atoms with van der Waals surface area (Å²) in [6.45, 7) is 4.26. The minimum Gasteiger partial charge on any atom is -0.496 e. The van der Waals surface area contributed by atoms with Crippen LogP contribution in [0, 0.1) is 11.7 Å². The number of benzene rings is 1. The maximum absolute atomic E-state index is 13.7. The fraction of sp³-hybridized carbons (Fsp3) is 0.538. The molecule has 0 heterocycles. The molecule has 0 amide bonds. The summed E-state index contributed by atoms with van der Waals surface area (Å²) in [4.78, 5) is 0. The molecular formula is C13H20FNO. The van der Waals surface area contributed by atoms with Crippen molar-refractivity contribution in [2.24, 2.45) is 11.7 Å². The molecule has 16 heavy (non-hydrogen) atoms. The van der Waals surface area contributed by atoms with Crippen molar-refractivity contribution < 1.29 is 9.13 Å². The molecule has 90 valence electrons. The molecule has 2 nitrogen and oxygen atoms in total. The second kappa shape index (κ2) is 5.85. The van der Waals surface area contributed by atoms with Gasteiger partial charge in [-0.1, -0.05) is 19.9 Å². The van der Waals surface area contributed by atoms with Gasteiger partial charge < -0.3 is 10.5 Å². The Hall–Kier alpha value is -1.09. The summed E-state index contributed by atoms with van der Waals surface area (Å²) < 4.78 is 18.8. The van der Waals surface area contributed by atoms with Crippen LogP contribution in [0.25, 0.3) is 0 Å². The standard InChI is InChI=1S/C13H20FNO/c1-9(2)7-8-11(15)13-10(14)5-4-6-12(13)16-3/h4-6,9,11H,7-8,15H2,1-3H3/t11-/m0/s1. The van der Waals surface area contributed by atoms with Crippen LogP contribution in [0.1, 0.15) is 38.3 Å². The summed E-state index contributed by atoms with van der Waals surface area (Å²) in [5.41, 5.74) is 6.49. The van der Waals surface area contributed by atoms with Crippen molar-refractivity contribution in [3.63, 3.8) is 0 Å². The molecule has 0 spiro atoms. The van der Waals surface area contributed by atoms with Crippen LogP contribution in [0.4, 0.5) is 4.39 Å². The first-order valence-electron chi connectivity index (χ1n) is 5.64. The van der Waals surface area contributed by atoms with E-state index in [1.54, 1.807) is 12.1 Å². The van der Waals surface area contributed by atoms with Gasteiger partial charge in [-0.15, -0.1) is 0 Å². The van der Waals surface area contributed by atoms with Crippen LogP contribution in [0.2, 0.25) is 0 Å². The van der Waals surface area contributed by atoms with Crippen LogP contribution in [0.5, 0.6) is 5.75 Å². The SMILES string of the molecule is COc1cccc(F)c1[C@@H](N)CCC(C)C. The second-order valence-corrected chi connectivity index (χ2v) is 4.43. The van der Waals surface area contributed by atoms with Crippen molar-refractivity contribution in [2.45, 2.75) is 32.7 Å². The number of halogens is 1. The fourth-order valence-corrected chi connectivity index (χ4v) is 1.71. The third kappa shape index (κ3) is 3.20. The Labute approximate surface area is 96.6 Å². The van der Waals surface area contributed by atoms with Gasteiger partial charge in [0.05, 0.1) is 7.11 Å². The van der Waals surface area contributed by atoms with Crippen molar-refractivity contribution >= 4 is 0 Å². The van der Waals surface area contributed by atoms with Gasteiger partial charge in [-0.3, -0.25) is 0 Å². The lowest BCUT2D eigenvalue weighted by Crippen LogP contribution is -2.14. The lowest BCUT2D eigenvalue weighted by molar-refractivity contribution is 0.393. The van der Waals surface area contributed by atoms with Crippen LogP contribution in [0.3, 0.4) is 0 Å². The molecule has 1 aromatic carbocycles. The van der Waals surface area contributed by atoms with E-state index in [4.69, 9.17) is 10.5 Å². The smallest absolute Gasteiger partial charge is 0.131 e. The number of nitrogens with two attached hydrogens (primary N) is 1.